The molecular formula is C13H21N3O. The monoisotopic (exact) mass is 235 g/mol. The van der Waals surface area contributed by atoms with Crippen LogP contribution in [0.1, 0.15) is 38.8 Å². The maximum absolute atomic E-state index is 11.9. The molecule has 1 aromatic rings. The Labute approximate surface area is 103 Å². The van der Waals surface area contributed by atoms with E-state index in [9.17, 15) is 4.79 Å². The van der Waals surface area contributed by atoms with Gasteiger partial charge in [0.15, 0.2) is 0 Å². The van der Waals surface area contributed by atoms with E-state index in [1.165, 1.54) is 0 Å². The Morgan fingerprint density at radius 1 is 1.53 bits per heavy atom. The fraction of sp³-hybridized carbons (Fsp3) is 0.538. The molecule has 1 amide bonds. The van der Waals surface area contributed by atoms with Gasteiger partial charge in [-0.3, -0.25) is 9.78 Å². The lowest BCUT2D eigenvalue weighted by Gasteiger charge is -2.21. The quantitative estimate of drug-likeness (QED) is 0.815. The number of aromatic nitrogens is 1. The summed E-state index contributed by atoms with van der Waals surface area (Å²) in [6, 6.07) is 3.28. The van der Waals surface area contributed by atoms with E-state index in [4.69, 9.17) is 5.73 Å². The average molecular weight is 235 g/mol. The van der Waals surface area contributed by atoms with Gasteiger partial charge in [0.05, 0.1) is 12.1 Å². The number of hydrogen-bond donors (Lipinski definition) is 2. The minimum atomic E-state index is -0.445. The van der Waals surface area contributed by atoms with Crippen LogP contribution in [0.2, 0.25) is 0 Å². The summed E-state index contributed by atoms with van der Waals surface area (Å²) in [5.41, 5.74) is 6.85. The first-order valence-electron chi connectivity index (χ1n) is 6.02. The van der Waals surface area contributed by atoms with E-state index in [1.54, 1.807) is 12.4 Å². The standard InChI is InChI=1S/C13H21N3O/c1-4-9(2)12(14)13(17)16-10(3)11-6-5-7-15-8-11/h5-10,12H,4,14H2,1-3H3,(H,16,17)/t9-,10-,12-/m0/s1. The highest BCUT2D eigenvalue weighted by molar-refractivity contribution is 5.82. The van der Waals surface area contributed by atoms with E-state index in [1.807, 2.05) is 32.9 Å². The van der Waals surface area contributed by atoms with E-state index in [0.717, 1.165) is 12.0 Å². The van der Waals surface area contributed by atoms with Crippen molar-refractivity contribution in [1.29, 1.82) is 0 Å². The largest absolute Gasteiger partial charge is 0.348 e. The minimum Gasteiger partial charge on any atom is -0.348 e. The van der Waals surface area contributed by atoms with Gasteiger partial charge in [-0.2, -0.15) is 0 Å². The Hall–Kier alpha value is -1.42. The van der Waals surface area contributed by atoms with Crippen LogP contribution in [0.3, 0.4) is 0 Å². The minimum absolute atomic E-state index is 0.0636. The maximum atomic E-state index is 11.9. The highest BCUT2D eigenvalue weighted by Gasteiger charge is 2.21. The third-order valence-corrected chi connectivity index (χ3v) is 3.10. The van der Waals surface area contributed by atoms with E-state index in [0.29, 0.717) is 0 Å². The van der Waals surface area contributed by atoms with Crippen LogP contribution in [0, 0.1) is 5.92 Å². The van der Waals surface area contributed by atoms with E-state index >= 15 is 0 Å². The van der Waals surface area contributed by atoms with Crippen LogP contribution in [-0.4, -0.2) is 16.9 Å². The molecule has 17 heavy (non-hydrogen) atoms. The fourth-order valence-electron chi connectivity index (χ4n) is 1.54. The molecule has 1 aromatic heterocycles. The molecule has 0 fully saturated rings. The fourth-order valence-corrected chi connectivity index (χ4v) is 1.54. The molecule has 0 unspecified atom stereocenters. The molecule has 1 rings (SSSR count). The number of pyridine rings is 1. The average Bonchev–Trinajstić information content (AvgIpc) is 2.37. The molecule has 0 saturated carbocycles. The number of carbonyl (C=O) groups excluding carboxylic acids is 1. The van der Waals surface area contributed by atoms with Crippen molar-refractivity contribution < 1.29 is 4.79 Å². The molecule has 0 radical (unpaired) electrons. The van der Waals surface area contributed by atoms with Crippen LogP contribution in [-0.2, 0) is 4.79 Å². The first-order valence-corrected chi connectivity index (χ1v) is 6.02. The van der Waals surface area contributed by atoms with Crippen LogP contribution >= 0.6 is 0 Å². The summed E-state index contributed by atoms with van der Waals surface area (Å²) in [5.74, 6) is 0.0896. The van der Waals surface area contributed by atoms with Crippen molar-refractivity contribution in [2.75, 3.05) is 0 Å². The molecule has 0 spiro atoms. The number of nitrogens with zero attached hydrogens (tertiary/aromatic N) is 1. The predicted molar refractivity (Wildman–Crippen MR) is 68.2 cm³/mol. The van der Waals surface area contributed by atoms with Crippen LogP contribution in [0.25, 0.3) is 0 Å². The van der Waals surface area contributed by atoms with E-state index in [-0.39, 0.29) is 17.9 Å². The van der Waals surface area contributed by atoms with Crippen LogP contribution in [0.5, 0.6) is 0 Å². The molecule has 3 atom stereocenters. The number of hydrogen-bond acceptors (Lipinski definition) is 3. The summed E-state index contributed by atoms with van der Waals surface area (Å²) < 4.78 is 0. The van der Waals surface area contributed by atoms with Crippen molar-refractivity contribution in [3.63, 3.8) is 0 Å². The number of amides is 1. The van der Waals surface area contributed by atoms with Gasteiger partial charge in [-0.1, -0.05) is 26.3 Å². The summed E-state index contributed by atoms with van der Waals surface area (Å²) in [6.45, 7) is 5.94. The molecule has 0 aliphatic carbocycles. The van der Waals surface area contributed by atoms with Gasteiger partial charge in [0.2, 0.25) is 5.91 Å². The second-order valence-corrected chi connectivity index (χ2v) is 4.43. The van der Waals surface area contributed by atoms with Crippen LogP contribution in [0.4, 0.5) is 0 Å². The Kier molecular flexibility index (Phi) is 5.10. The zero-order valence-electron chi connectivity index (χ0n) is 10.7. The molecule has 94 valence electrons. The van der Waals surface area contributed by atoms with Gasteiger partial charge in [-0.05, 0) is 24.5 Å². The first-order chi connectivity index (χ1) is 8.06. The summed E-state index contributed by atoms with van der Waals surface area (Å²) in [6.07, 6.45) is 4.36. The van der Waals surface area contributed by atoms with Crippen molar-refractivity contribution in [2.24, 2.45) is 11.7 Å². The molecule has 4 nitrogen and oxygen atoms in total. The number of carbonyl (C=O) groups is 1. The van der Waals surface area contributed by atoms with Gasteiger partial charge in [-0.25, -0.2) is 0 Å². The van der Waals surface area contributed by atoms with Gasteiger partial charge in [-0.15, -0.1) is 0 Å². The molecule has 0 saturated heterocycles. The van der Waals surface area contributed by atoms with Gasteiger partial charge in [0, 0.05) is 12.4 Å². The molecule has 0 bridgehead atoms. The third-order valence-electron chi connectivity index (χ3n) is 3.10. The maximum Gasteiger partial charge on any atom is 0.237 e. The van der Waals surface area contributed by atoms with Crippen molar-refractivity contribution in [3.05, 3.63) is 30.1 Å². The smallest absolute Gasteiger partial charge is 0.237 e. The van der Waals surface area contributed by atoms with Crippen LogP contribution in [0.15, 0.2) is 24.5 Å². The Balaban J connectivity index is 2.57. The number of rotatable bonds is 5. The highest BCUT2D eigenvalue weighted by atomic mass is 16.2. The summed E-state index contributed by atoms with van der Waals surface area (Å²) >= 11 is 0. The lowest BCUT2D eigenvalue weighted by Crippen LogP contribution is -2.45. The Morgan fingerprint density at radius 3 is 2.76 bits per heavy atom. The Morgan fingerprint density at radius 2 is 2.24 bits per heavy atom. The second-order valence-electron chi connectivity index (χ2n) is 4.43. The van der Waals surface area contributed by atoms with Gasteiger partial charge < -0.3 is 11.1 Å². The normalized spacial score (nSPS) is 16.0. The Bertz CT molecular complexity index is 353. The van der Waals surface area contributed by atoms with Crippen molar-refractivity contribution in [2.45, 2.75) is 39.3 Å². The first kappa shape index (κ1) is 13.6. The van der Waals surface area contributed by atoms with Gasteiger partial charge in [0.25, 0.3) is 0 Å². The lowest BCUT2D eigenvalue weighted by atomic mass is 9.99. The van der Waals surface area contributed by atoms with Crippen molar-refractivity contribution in [1.82, 2.24) is 10.3 Å². The summed E-state index contributed by atoms with van der Waals surface area (Å²) in [5, 5.41) is 2.91. The van der Waals surface area contributed by atoms with Gasteiger partial charge >= 0.3 is 0 Å². The SMILES string of the molecule is CC[C@H](C)[C@H](N)C(=O)N[C@@H](C)c1cccnc1. The third kappa shape index (κ3) is 3.82. The van der Waals surface area contributed by atoms with Crippen molar-refractivity contribution >= 4 is 5.91 Å². The van der Waals surface area contributed by atoms with Crippen LogP contribution < -0.4 is 11.1 Å². The second kappa shape index (κ2) is 6.35. The molecule has 0 aliphatic heterocycles. The zero-order chi connectivity index (χ0) is 12.8. The molecule has 1 heterocycles. The molecule has 3 N–H and O–H groups in total. The van der Waals surface area contributed by atoms with E-state index < -0.39 is 6.04 Å². The number of nitrogens with two attached hydrogens (primary N) is 1. The molecule has 4 heteroatoms. The van der Waals surface area contributed by atoms with E-state index in [2.05, 4.69) is 10.3 Å². The summed E-state index contributed by atoms with van der Waals surface area (Å²) in [7, 11) is 0. The molecular weight excluding hydrogens is 214 g/mol. The lowest BCUT2D eigenvalue weighted by molar-refractivity contribution is -0.124. The zero-order valence-corrected chi connectivity index (χ0v) is 10.7. The topological polar surface area (TPSA) is 68.0 Å². The van der Waals surface area contributed by atoms with Crippen molar-refractivity contribution in [3.8, 4) is 0 Å². The van der Waals surface area contributed by atoms with Gasteiger partial charge in [0.1, 0.15) is 0 Å². The molecule has 0 aromatic carbocycles. The predicted octanol–water partition coefficient (Wildman–Crippen LogP) is 1.63. The number of nitrogens with one attached hydrogen (secondary N) is 1. The summed E-state index contributed by atoms with van der Waals surface area (Å²) in [4.78, 5) is 15.9. The highest BCUT2D eigenvalue weighted by Crippen LogP contribution is 2.11. The molecule has 0 aliphatic rings.